The Morgan fingerprint density at radius 1 is 0.789 bits per heavy atom. The molecule has 0 N–H and O–H groups in total. The topological polar surface area (TPSA) is 0 Å². The molecule has 0 saturated heterocycles. The van der Waals surface area contributed by atoms with Crippen LogP contribution in [0.25, 0.3) is 11.1 Å². The Morgan fingerprint density at radius 2 is 1.32 bits per heavy atom. The molecule has 0 radical (unpaired) electrons. The van der Waals surface area contributed by atoms with Gasteiger partial charge in [0.1, 0.15) is 5.82 Å². The molecule has 0 aliphatic rings. The highest BCUT2D eigenvalue weighted by atomic mass is 35.5. The van der Waals surface area contributed by atoms with Crippen molar-refractivity contribution in [3.8, 4) is 11.1 Å². The van der Waals surface area contributed by atoms with E-state index < -0.39 is 51.7 Å². The normalized spacial score (nSPS) is 10.8. The Hall–Kier alpha value is -1.62. The molecule has 100 valence electrons. The van der Waals surface area contributed by atoms with Crippen molar-refractivity contribution < 1.29 is 22.0 Å². The molecule has 0 aromatic heterocycles. The SMILES string of the molecule is Fc1ccccc1-c1c(F)c(F)c(CCl)c(F)c1F. The van der Waals surface area contributed by atoms with E-state index in [0.717, 1.165) is 12.1 Å². The van der Waals surface area contributed by atoms with Gasteiger partial charge in [0.2, 0.25) is 0 Å². The molecule has 0 amide bonds. The fourth-order valence-electron chi connectivity index (χ4n) is 1.69. The van der Waals surface area contributed by atoms with Crippen molar-refractivity contribution >= 4 is 11.6 Å². The average Bonchev–Trinajstić information content (AvgIpc) is 2.40. The Balaban J connectivity index is 2.83. The summed E-state index contributed by atoms with van der Waals surface area (Å²) in [5, 5.41) is 0. The van der Waals surface area contributed by atoms with E-state index in [1.807, 2.05) is 0 Å². The summed E-state index contributed by atoms with van der Waals surface area (Å²) >= 11 is 5.22. The van der Waals surface area contributed by atoms with Gasteiger partial charge >= 0.3 is 0 Å². The highest BCUT2D eigenvalue weighted by molar-refractivity contribution is 6.17. The third kappa shape index (κ3) is 2.18. The van der Waals surface area contributed by atoms with Crippen LogP contribution in [0, 0.1) is 29.1 Å². The van der Waals surface area contributed by atoms with Crippen molar-refractivity contribution in [3.05, 3.63) is 58.9 Å². The molecule has 6 heteroatoms. The molecule has 0 nitrogen and oxygen atoms in total. The molecule has 0 unspecified atom stereocenters. The van der Waals surface area contributed by atoms with Crippen LogP contribution in [0.15, 0.2) is 24.3 Å². The number of hydrogen-bond donors (Lipinski definition) is 0. The first-order valence-corrected chi connectivity index (χ1v) is 5.68. The summed E-state index contributed by atoms with van der Waals surface area (Å²) in [6.07, 6.45) is 0. The predicted molar refractivity (Wildman–Crippen MR) is 61.2 cm³/mol. The van der Waals surface area contributed by atoms with Gasteiger partial charge in [0.25, 0.3) is 0 Å². The van der Waals surface area contributed by atoms with E-state index in [9.17, 15) is 22.0 Å². The van der Waals surface area contributed by atoms with Crippen LogP contribution in [-0.2, 0) is 5.88 Å². The summed E-state index contributed by atoms with van der Waals surface area (Å²) in [5.74, 6) is -8.29. The standard InChI is InChI=1S/C13H6ClF5/c14-5-7-10(16)12(18)9(13(19)11(7)17)6-3-1-2-4-8(6)15/h1-4H,5H2. The first kappa shape index (κ1) is 13.8. The molecule has 0 spiro atoms. The zero-order valence-corrected chi connectivity index (χ0v) is 10.0. The lowest BCUT2D eigenvalue weighted by atomic mass is 10.0. The van der Waals surface area contributed by atoms with Gasteiger partial charge in [-0.15, -0.1) is 11.6 Å². The van der Waals surface area contributed by atoms with Gasteiger partial charge in [-0.05, 0) is 6.07 Å². The Kier molecular flexibility index (Phi) is 3.75. The van der Waals surface area contributed by atoms with Gasteiger partial charge in [-0.2, -0.15) is 0 Å². The van der Waals surface area contributed by atoms with E-state index in [1.54, 1.807) is 0 Å². The monoisotopic (exact) mass is 292 g/mol. The van der Waals surface area contributed by atoms with Crippen LogP contribution in [0.3, 0.4) is 0 Å². The molecule has 19 heavy (non-hydrogen) atoms. The first-order valence-electron chi connectivity index (χ1n) is 5.14. The Morgan fingerprint density at radius 3 is 1.79 bits per heavy atom. The van der Waals surface area contributed by atoms with E-state index >= 15 is 0 Å². The second-order valence-electron chi connectivity index (χ2n) is 3.72. The highest BCUT2D eigenvalue weighted by Crippen LogP contribution is 2.33. The van der Waals surface area contributed by atoms with Gasteiger partial charge < -0.3 is 0 Å². The molecule has 0 atom stereocenters. The van der Waals surface area contributed by atoms with Gasteiger partial charge in [0.15, 0.2) is 23.3 Å². The molecule has 2 aromatic carbocycles. The minimum absolute atomic E-state index is 0.559. The van der Waals surface area contributed by atoms with Crippen LogP contribution in [0.1, 0.15) is 5.56 Å². The number of halogens is 6. The van der Waals surface area contributed by atoms with E-state index in [-0.39, 0.29) is 0 Å². The Bertz CT molecular complexity index is 610. The third-order valence-electron chi connectivity index (χ3n) is 2.63. The first-order chi connectivity index (χ1) is 8.99. The Labute approximate surface area is 110 Å². The van der Waals surface area contributed by atoms with Crippen LogP contribution in [0.4, 0.5) is 22.0 Å². The van der Waals surface area contributed by atoms with Gasteiger partial charge in [0.05, 0.1) is 11.4 Å². The van der Waals surface area contributed by atoms with E-state index in [1.165, 1.54) is 12.1 Å². The number of benzene rings is 2. The largest absolute Gasteiger partial charge is 0.206 e. The lowest BCUT2D eigenvalue weighted by molar-refractivity contribution is 0.447. The highest BCUT2D eigenvalue weighted by Gasteiger charge is 2.26. The molecule has 0 saturated carbocycles. The average molecular weight is 293 g/mol. The minimum Gasteiger partial charge on any atom is -0.206 e. The summed E-state index contributed by atoms with van der Waals surface area (Å²) in [6.45, 7) is 0. The van der Waals surface area contributed by atoms with Crippen LogP contribution >= 0.6 is 11.6 Å². The van der Waals surface area contributed by atoms with Gasteiger partial charge in [-0.3, -0.25) is 0 Å². The molecular formula is C13H6ClF5. The van der Waals surface area contributed by atoms with Crippen molar-refractivity contribution in [1.29, 1.82) is 0 Å². The van der Waals surface area contributed by atoms with Crippen molar-refractivity contribution in [1.82, 2.24) is 0 Å². The summed E-state index contributed by atoms with van der Waals surface area (Å²) in [5.41, 5.74) is -2.56. The fraction of sp³-hybridized carbons (Fsp3) is 0.0769. The second-order valence-corrected chi connectivity index (χ2v) is 3.99. The van der Waals surface area contributed by atoms with E-state index in [2.05, 4.69) is 0 Å². The molecule has 0 aliphatic carbocycles. The van der Waals surface area contributed by atoms with Gasteiger partial charge in [-0.1, -0.05) is 18.2 Å². The van der Waals surface area contributed by atoms with Gasteiger partial charge in [0, 0.05) is 11.1 Å². The molecule has 0 aliphatic heterocycles. The summed E-state index contributed by atoms with van der Waals surface area (Å²) in [4.78, 5) is 0. The van der Waals surface area contributed by atoms with Crippen molar-refractivity contribution in [3.63, 3.8) is 0 Å². The van der Waals surface area contributed by atoms with Crippen molar-refractivity contribution in [2.75, 3.05) is 0 Å². The maximum Gasteiger partial charge on any atom is 0.170 e. The van der Waals surface area contributed by atoms with Crippen LogP contribution in [0.5, 0.6) is 0 Å². The van der Waals surface area contributed by atoms with Crippen LogP contribution < -0.4 is 0 Å². The third-order valence-corrected chi connectivity index (χ3v) is 2.90. The molecule has 2 aromatic rings. The summed E-state index contributed by atoms with van der Waals surface area (Å²) in [7, 11) is 0. The maximum absolute atomic E-state index is 13.7. The van der Waals surface area contributed by atoms with Crippen molar-refractivity contribution in [2.45, 2.75) is 5.88 Å². The number of alkyl halides is 1. The van der Waals surface area contributed by atoms with Gasteiger partial charge in [-0.25, -0.2) is 22.0 Å². The fourth-order valence-corrected chi connectivity index (χ4v) is 1.93. The zero-order valence-electron chi connectivity index (χ0n) is 9.28. The molecule has 0 heterocycles. The zero-order chi connectivity index (χ0) is 14.2. The molecule has 0 bridgehead atoms. The number of rotatable bonds is 2. The lowest BCUT2D eigenvalue weighted by Crippen LogP contribution is -2.05. The molecule has 2 rings (SSSR count). The minimum atomic E-state index is -1.67. The van der Waals surface area contributed by atoms with E-state index in [4.69, 9.17) is 11.6 Å². The van der Waals surface area contributed by atoms with Crippen molar-refractivity contribution in [2.24, 2.45) is 0 Å². The van der Waals surface area contributed by atoms with Crippen LogP contribution in [-0.4, -0.2) is 0 Å². The second kappa shape index (κ2) is 5.17. The number of hydrogen-bond acceptors (Lipinski definition) is 0. The molecular weight excluding hydrogens is 287 g/mol. The smallest absolute Gasteiger partial charge is 0.170 e. The summed E-state index contributed by atoms with van der Waals surface area (Å²) < 4.78 is 68.0. The molecule has 0 fully saturated rings. The predicted octanol–water partition coefficient (Wildman–Crippen LogP) is 4.79. The lowest BCUT2D eigenvalue weighted by Gasteiger charge is -2.11. The summed E-state index contributed by atoms with van der Waals surface area (Å²) in [6, 6.07) is 4.53. The van der Waals surface area contributed by atoms with Crippen LogP contribution in [0.2, 0.25) is 0 Å². The van der Waals surface area contributed by atoms with E-state index in [0.29, 0.717) is 0 Å². The maximum atomic E-state index is 13.7. The quantitative estimate of drug-likeness (QED) is 0.424.